The molecule has 9 heteroatoms. The van der Waals surface area contributed by atoms with E-state index in [9.17, 15) is 14.8 Å². The second-order valence-corrected chi connectivity index (χ2v) is 10.0. The van der Waals surface area contributed by atoms with Gasteiger partial charge in [-0.1, -0.05) is 44.2 Å². The number of nitrogens with zero attached hydrogens (tertiary/aromatic N) is 2. The van der Waals surface area contributed by atoms with Crippen molar-refractivity contribution in [1.29, 1.82) is 0 Å². The summed E-state index contributed by atoms with van der Waals surface area (Å²) in [7, 11) is 1.74. The molecule has 1 saturated heterocycles. The van der Waals surface area contributed by atoms with E-state index in [0.717, 1.165) is 22.2 Å². The highest BCUT2D eigenvalue weighted by molar-refractivity contribution is 5.95. The van der Waals surface area contributed by atoms with Gasteiger partial charge in [0.15, 0.2) is 0 Å². The molecule has 0 aliphatic carbocycles. The van der Waals surface area contributed by atoms with Gasteiger partial charge in [0.1, 0.15) is 23.9 Å². The van der Waals surface area contributed by atoms with Gasteiger partial charge in [-0.25, -0.2) is 5.48 Å². The molecule has 0 bridgehead atoms. The SMILES string of the molecule is CNC1CN(C(CC(C)C)C(=O)NO)C(=O)C1(N)c1ccc(OCc2cc(C)nc3ccccc23)cc1. The van der Waals surface area contributed by atoms with Gasteiger partial charge in [0.25, 0.3) is 5.91 Å². The minimum absolute atomic E-state index is 0.133. The highest BCUT2D eigenvalue weighted by Gasteiger charge is 2.54. The largest absolute Gasteiger partial charge is 0.489 e. The molecule has 0 saturated carbocycles. The lowest BCUT2D eigenvalue weighted by Gasteiger charge is -2.30. The zero-order valence-electron chi connectivity index (χ0n) is 21.7. The molecule has 1 fully saturated rings. The van der Waals surface area contributed by atoms with Gasteiger partial charge >= 0.3 is 0 Å². The molecule has 1 aliphatic heterocycles. The lowest BCUT2D eigenvalue weighted by molar-refractivity contribution is -0.144. The van der Waals surface area contributed by atoms with Crippen LogP contribution in [0.1, 0.15) is 37.1 Å². The van der Waals surface area contributed by atoms with Gasteiger partial charge in [0.05, 0.1) is 11.6 Å². The van der Waals surface area contributed by atoms with Crippen LogP contribution in [0.5, 0.6) is 5.75 Å². The first-order valence-electron chi connectivity index (χ1n) is 12.5. The zero-order valence-corrected chi connectivity index (χ0v) is 21.7. The van der Waals surface area contributed by atoms with Gasteiger partial charge < -0.3 is 20.7 Å². The van der Waals surface area contributed by atoms with E-state index in [-0.39, 0.29) is 18.4 Å². The van der Waals surface area contributed by atoms with Gasteiger partial charge in [-0.3, -0.25) is 19.8 Å². The summed E-state index contributed by atoms with van der Waals surface area (Å²) in [6.45, 7) is 6.48. The number of hydrogen-bond acceptors (Lipinski definition) is 7. The van der Waals surface area contributed by atoms with Crippen LogP contribution in [0.15, 0.2) is 54.6 Å². The maximum atomic E-state index is 13.7. The highest BCUT2D eigenvalue weighted by Crippen LogP contribution is 2.34. The highest BCUT2D eigenvalue weighted by atomic mass is 16.5. The van der Waals surface area contributed by atoms with Crippen molar-refractivity contribution in [2.24, 2.45) is 11.7 Å². The third-order valence-electron chi connectivity index (χ3n) is 7.03. The van der Waals surface area contributed by atoms with E-state index in [1.54, 1.807) is 36.8 Å². The molecule has 1 aliphatic rings. The molecule has 2 heterocycles. The molecule has 5 N–H and O–H groups in total. The molecular weight excluding hydrogens is 470 g/mol. The van der Waals surface area contributed by atoms with Crippen LogP contribution in [-0.2, 0) is 21.7 Å². The fourth-order valence-electron chi connectivity index (χ4n) is 5.12. The molecule has 2 aromatic carbocycles. The average Bonchev–Trinajstić information content (AvgIpc) is 3.15. The van der Waals surface area contributed by atoms with Crippen LogP contribution in [0.25, 0.3) is 10.9 Å². The van der Waals surface area contributed by atoms with Crippen molar-refractivity contribution < 1.29 is 19.5 Å². The molecule has 9 nitrogen and oxygen atoms in total. The van der Waals surface area contributed by atoms with E-state index < -0.39 is 23.5 Å². The van der Waals surface area contributed by atoms with E-state index >= 15 is 0 Å². The maximum Gasteiger partial charge on any atom is 0.266 e. The first-order chi connectivity index (χ1) is 17.7. The third-order valence-corrected chi connectivity index (χ3v) is 7.03. The first-order valence-corrected chi connectivity index (χ1v) is 12.5. The topological polar surface area (TPSA) is 130 Å². The van der Waals surface area contributed by atoms with E-state index in [1.165, 1.54) is 4.90 Å². The quantitative estimate of drug-likeness (QED) is 0.260. The second-order valence-electron chi connectivity index (χ2n) is 10.0. The zero-order chi connectivity index (χ0) is 26.7. The number of pyridine rings is 1. The van der Waals surface area contributed by atoms with E-state index in [0.29, 0.717) is 24.3 Å². The van der Waals surface area contributed by atoms with Crippen molar-refractivity contribution in [3.63, 3.8) is 0 Å². The number of para-hydroxylation sites is 1. The van der Waals surface area contributed by atoms with Crippen molar-refractivity contribution >= 4 is 22.7 Å². The Morgan fingerprint density at radius 3 is 2.59 bits per heavy atom. The summed E-state index contributed by atoms with van der Waals surface area (Å²) >= 11 is 0. The van der Waals surface area contributed by atoms with E-state index in [4.69, 9.17) is 10.5 Å². The summed E-state index contributed by atoms with van der Waals surface area (Å²) in [5.41, 5.74) is 10.6. The monoisotopic (exact) mass is 505 g/mol. The molecule has 4 rings (SSSR count). The number of nitrogens with one attached hydrogen (secondary N) is 2. The van der Waals surface area contributed by atoms with Crippen molar-refractivity contribution in [3.05, 3.63) is 71.4 Å². The van der Waals surface area contributed by atoms with Crippen molar-refractivity contribution in [2.75, 3.05) is 13.6 Å². The predicted molar refractivity (Wildman–Crippen MR) is 141 cm³/mol. The van der Waals surface area contributed by atoms with Crippen LogP contribution in [0.4, 0.5) is 0 Å². The maximum absolute atomic E-state index is 13.7. The Bertz CT molecular complexity index is 1280. The minimum Gasteiger partial charge on any atom is -0.489 e. The fourth-order valence-corrected chi connectivity index (χ4v) is 5.12. The Morgan fingerprint density at radius 1 is 1.24 bits per heavy atom. The number of amides is 2. The Morgan fingerprint density at radius 2 is 1.95 bits per heavy atom. The average molecular weight is 506 g/mol. The third kappa shape index (κ3) is 5.16. The molecule has 0 spiro atoms. The fraction of sp³-hybridized carbons (Fsp3) is 0.393. The molecule has 0 radical (unpaired) electrons. The lowest BCUT2D eigenvalue weighted by Crippen LogP contribution is -2.56. The number of aryl methyl sites for hydroxylation is 1. The predicted octanol–water partition coefficient (Wildman–Crippen LogP) is 2.63. The number of fused-ring (bicyclic) bond motifs is 1. The summed E-state index contributed by atoms with van der Waals surface area (Å²) in [5.74, 6) is -0.211. The Kier molecular flexibility index (Phi) is 7.77. The van der Waals surface area contributed by atoms with Gasteiger partial charge in [0.2, 0.25) is 5.91 Å². The smallest absolute Gasteiger partial charge is 0.266 e. The molecule has 1 aromatic heterocycles. The number of carbonyl (C=O) groups is 2. The normalized spacial score (nSPS) is 20.5. The summed E-state index contributed by atoms with van der Waals surface area (Å²) in [6, 6.07) is 15.9. The standard InChI is InChI=1S/C28H35N5O4/c1-17(2)13-24(26(34)32-36)33-15-25(30-4)28(29,27(33)35)20-9-11-21(12-10-20)37-16-19-14-18(3)31-23-8-6-5-7-22(19)23/h5-12,14,17,24-25,30,36H,13,15-16,29H2,1-4H3,(H,32,34). The summed E-state index contributed by atoms with van der Waals surface area (Å²) in [4.78, 5) is 32.1. The number of aromatic nitrogens is 1. The minimum atomic E-state index is -1.38. The van der Waals surface area contributed by atoms with Crippen molar-refractivity contribution in [3.8, 4) is 5.75 Å². The molecule has 2 amide bonds. The number of likely N-dealkylation sites (N-methyl/N-ethyl adjacent to an activating group) is 1. The number of rotatable bonds is 9. The molecule has 37 heavy (non-hydrogen) atoms. The van der Waals surface area contributed by atoms with Gasteiger partial charge in [-0.05, 0) is 56.1 Å². The van der Waals surface area contributed by atoms with Gasteiger partial charge in [-0.2, -0.15) is 0 Å². The van der Waals surface area contributed by atoms with Crippen LogP contribution < -0.4 is 21.3 Å². The number of likely N-dealkylation sites (tertiary alicyclic amines) is 1. The van der Waals surface area contributed by atoms with Crippen LogP contribution in [0, 0.1) is 12.8 Å². The molecule has 3 aromatic rings. The van der Waals surface area contributed by atoms with Crippen LogP contribution in [0.2, 0.25) is 0 Å². The summed E-state index contributed by atoms with van der Waals surface area (Å²) in [6.07, 6.45) is 0.403. The number of hydrogen-bond donors (Lipinski definition) is 4. The van der Waals surface area contributed by atoms with E-state index in [2.05, 4.69) is 10.3 Å². The van der Waals surface area contributed by atoms with Crippen LogP contribution in [-0.4, -0.2) is 52.6 Å². The Labute approximate surface area is 217 Å². The van der Waals surface area contributed by atoms with Crippen LogP contribution >= 0.6 is 0 Å². The van der Waals surface area contributed by atoms with Crippen molar-refractivity contribution in [2.45, 2.75) is 51.4 Å². The molecular formula is C28H35N5O4. The first kappa shape index (κ1) is 26.5. The number of ether oxygens (including phenoxy) is 1. The van der Waals surface area contributed by atoms with Gasteiger partial charge in [-0.15, -0.1) is 0 Å². The second kappa shape index (κ2) is 10.8. The van der Waals surface area contributed by atoms with Crippen molar-refractivity contribution in [1.82, 2.24) is 20.7 Å². The lowest BCUT2D eigenvalue weighted by atomic mass is 9.85. The Balaban J connectivity index is 1.55. The molecule has 3 atom stereocenters. The number of nitrogens with two attached hydrogens (primary N) is 1. The van der Waals surface area contributed by atoms with Gasteiger partial charge in [0, 0.05) is 23.2 Å². The summed E-state index contributed by atoms with van der Waals surface area (Å²) in [5, 5.41) is 13.5. The van der Waals surface area contributed by atoms with Crippen LogP contribution in [0.3, 0.4) is 0 Å². The number of benzene rings is 2. The number of carbonyl (C=O) groups excluding carboxylic acids is 2. The summed E-state index contributed by atoms with van der Waals surface area (Å²) < 4.78 is 6.07. The molecule has 196 valence electrons. The van der Waals surface area contributed by atoms with E-state index in [1.807, 2.05) is 51.1 Å². The Hall–Kier alpha value is -3.53. The number of hydroxylamine groups is 1. The molecule has 3 unspecified atom stereocenters.